The molecule has 4 aromatic carbocycles. The number of carbonyl (C=O) groups is 1. The highest BCUT2D eigenvalue weighted by Crippen LogP contribution is 2.45. The first-order chi connectivity index (χ1) is 34.9. The smallest absolute Gasteiger partial charge is 0.280 e. The van der Waals surface area contributed by atoms with Gasteiger partial charge in [-0.15, -0.1) is 5.10 Å². The molecule has 1 amide bonds. The molecule has 0 radical (unpaired) electrons. The van der Waals surface area contributed by atoms with Gasteiger partial charge in [-0.1, -0.05) is 84.9 Å². The third-order valence-corrected chi connectivity index (χ3v) is 14.2. The quantitative estimate of drug-likeness (QED) is 0.0804. The van der Waals surface area contributed by atoms with Gasteiger partial charge in [-0.3, -0.25) is 18.3 Å². The first-order valence-electron chi connectivity index (χ1n) is 22.7. The second-order valence-corrected chi connectivity index (χ2v) is 18.8. The summed E-state index contributed by atoms with van der Waals surface area (Å²) < 4.78 is 101. The van der Waals surface area contributed by atoms with E-state index in [1.807, 2.05) is 54.6 Å². The molecule has 23 heteroatoms. The average Bonchev–Trinajstić information content (AvgIpc) is 4.18. The van der Waals surface area contributed by atoms with E-state index in [2.05, 4.69) is 40.5 Å². The van der Waals surface area contributed by atoms with E-state index in [1.165, 1.54) is 17.2 Å². The highest BCUT2D eigenvalue weighted by atomic mass is 32.2. The topological polar surface area (TPSA) is 239 Å². The molecule has 2 aliphatic rings. The number of carbonyl (C=O) groups excluding carboxylic acids is 1. The number of aromatic amines is 1. The fourth-order valence-corrected chi connectivity index (χ4v) is 10.3. The predicted molar refractivity (Wildman–Crippen MR) is 254 cm³/mol. The third-order valence-electron chi connectivity index (χ3n) is 12.9. The van der Waals surface area contributed by atoms with Crippen LogP contribution in [0.25, 0.3) is 22.3 Å². The molecule has 2 saturated heterocycles. The molecule has 4 aromatic heterocycles. The lowest BCUT2D eigenvalue weighted by molar-refractivity contribution is -0.0907. The Hall–Kier alpha value is -7.57. The van der Waals surface area contributed by atoms with Gasteiger partial charge in [0.05, 0.1) is 45.3 Å². The number of hydrogen-bond donors (Lipinski definition) is 2. The Morgan fingerprint density at radius 3 is 2.08 bits per heavy atom. The van der Waals surface area contributed by atoms with Gasteiger partial charge in [-0.05, 0) is 59.5 Å². The maximum atomic E-state index is 17.6. The molecule has 2 N–H and O–H groups in total. The van der Waals surface area contributed by atoms with Crippen molar-refractivity contribution < 1.29 is 49.9 Å². The van der Waals surface area contributed by atoms with Gasteiger partial charge in [0, 0.05) is 11.5 Å². The number of aromatic nitrogens is 9. The third kappa shape index (κ3) is 9.04. The Kier molecular flexibility index (Phi) is 13.3. The van der Waals surface area contributed by atoms with Gasteiger partial charge in [0.15, 0.2) is 52.9 Å². The van der Waals surface area contributed by atoms with Crippen LogP contribution in [0.15, 0.2) is 133 Å². The Morgan fingerprint density at radius 2 is 1.42 bits per heavy atom. The number of benzene rings is 4. The normalized spacial score (nSPS) is 22.3. The van der Waals surface area contributed by atoms with E-state index in [0.717, 1.165) is 11.0 Å². The molecule has 6 heterocycles. The van der Waals surface area contributed by atoms with Gasteiger partial charge in [0.2, 0.25) is 0 Å². The zero-order valence-electron chi connectivity index (χ0n) is 38.7. The van der Waals surface area contributed by atoms with Crippen LogP contribution in [-0.4, -0.2) is 116 Å². The van der Waals surface area contributed by atoms with Crippen molar-refractivity contribution in [1.82, 2.24) is 44.5 Å². The van der Waals surface area contributed by atoms with Crippen molar-refractivity contribution in [2.45, 2.75) is 62.1 Å². The minimum atomic E-state index is -4.67. The Morgan fingerprint density at radius 1 is 0.778 bits per heavy atom. The number of rotatable bonds is 17. The number of nitrogens with zero attached hydrogens (tertiary/aromatic N) is 8. The van der Waals surface area contributed by atoms with E-state index in [4.69, 9.17) is 27.9 Å². The average molecular weight is 1010 g/mol. The number of imidazole rings is 1. The van der Waals surface area contributed by atoms with Crippen molar-refractivity contribution in [2.24, 2.45) is 5.92 Å². The summed E-state index contributed by atoms with van der Waals surface area (Å²) in [6.07, 6.45) is -7.90. The molecule has 0 aliphatic carbocycles. The summed E-state index contributed by atoms with van der Waals surface area (Å²) in [5.74, 6) is -0.881. The summed E-state index contributed by atoms with van der Waals surface area (Å²) in [6, 6.07) is 32.1. The molecule has 8 aromatic rings. The lowest BCUT2D eigenvalue weighted by Crippen LogP contribution is -2.41. The largest absolute Gasteiger partial charge is 0.497 e. The number of nitrogens with one attached hydrogen (secondary N) is 2. The van der Waals surface area contributed by atoms with Crippen LogP contribution in [0.2, 0.25) is 0 Å². The van der Waals surface area contributed by atoms with Crippen molar-refractivity contribution in [3.05, 3.63) is 161 Å². The number of hydrogen-bond acceptors (Lipinski definition) is 16. The molecule has 8 atom stereocenters. The van der Waals surface area contributed by atoms with Crippen LogP contribution in [0.5, 0.6) is 11.5 Å². The Balaban J connectivity index is 0.977. The zero-order valence-corrected chi connectivity index (χ0v) is 39.5. The Labute approximate surface area is 409 Å². The van der Waals surface area contributed by atoms with Crippen LogP contribution in [0, 0.1) is 5.92 Å². The molecule has 0 spiro atoms. The van der Waals surface area contributed by atoms with E-state index in [9.17, 15) is 18.0 Å². The van der Waals surface area contributed by atoms with Gasteiger partial charge in [0.25, 0.3) is 21.6 Å². The van der Waals surface area contributed by atoms with Gasteiger partial charge >= 0.3 is 0 Å². The molecule has 0 unspecified atom stereocenters. The monoisotopic (exact) mass is 1000 g/mol. The fourth-order valence-electron chi connectivity index (χ4n) is 9.14. The van der Waals surface area contributed by atoms with E-state index < -0.39 is 88.6 Å². The fraction of sp³-hybridized carbons (Fsp3) is 0.306. The van der Waals surface area contributed by atoms with E-state index in [1.54, 1.807) is 75.7 Å². The maximum absolute atomic E-state index is 17.6. The molecule has 2 fully saturated rings. The number of H-pyrrole nitrogens is 1. The van der Waals surface area contributed by atoms with Gasteiger partial charge < -0.3 is 34.0 Å². The summed E-state index contributed by atoms with van der Waals surface area (Å²) in [5, 5.41) is 10.4. The summed E-state index contributed by atoms with van der Waals surface area (Å²) in [4.78, 5) is 44.9. The molecule has 0 bridgehead atoms. The van der Waals surface area contributed by atoms with Crippen molar-refractivity contribution in [1.29, 1.82) is 0 Å². The highest BCUT2D eigenvalue weighted by Gasteiger charge is 2.52. The standard InChI is InChI=1S/C49H46F2N10O10S/c1-28-35(69-48(37(28)50)61-44-40(58-59-61)46(63)55-26-54-44)22-23-72(64,65)71-41-36(70-47(38(41)51)60-27-56-39-42(52-25-53-43(39)60)57-45(62)29-10-6-4-7-11-29)24-68-49(30-12-8-5-9-13-30,31-14-18-33(66-2)19-15-31)32-16-20-34(67-3)21-17-32/h4-21,25-28,35-38,41,47-48H,22-24H2,1-3H3,(H,54,55,63)(H,52,53,57,62)/t28-,35-,36-,37-,38-,41-,47-,48-/m1/s1. The molecule has 0 saturated carbocycles. The number of methoxy groups -OCH3 is 2. The zero-order chi connectivity index (χ0) is 50.1. The number of anilines is 1. The summed E-state index contributed by atoms with van der Waals surface area (Å²) in [5.41, 5.74) is 0.267. The number of fused-ring (bicyclic) bond motifs is 2. The summed E-state index contributed by atoms with van der Waals surface area (Å²) in [6.45, 7) is 1.09. The number of halogens is 2. The summed E-state index contributed by atoms with van der Waals surface area (Å²) >= 11 is 0. The first-order valence-corrected chi connectivity index (χ1v) is 24.3. The number of amides is 1. The van der Waals surface area contributed by atoms with Gasteiger partial charge in [-0.2, -0.15) is 13.1 Å². The second kappa shape index (κ2) is 19.9. The van der Waals surface area contributed by atoms with Crippen LogP contribution in [0.1, 0.15) is 52.8 Å². The minimum Gasteiger partial charge on any atom is -0.497 e. The number of ether oxygens (including phenoxy) is 5. The SMILES string of the molecule is COc1ccc(C(OC[C@H]2O[C@@H](n3cnc4c(NC(=O)c5ccccc5)ncnc43)[C@H](F)[C@@H]2OS(=O)(=O)CC[C@H]2O[C@@H](n3nnc4c(=O)[nH]cnc43)[C@H](F)[C@@H]2C)(c2ccccc2)c2ccc(OC)cc2)cc1. The van der Waals surface area contributed by atoms with E-state index in [0.29, 0.717) is 33.8 Å². The van der Waals surface area contributed by atoms with E-state index in [-0.39, 0.29) is 34.6 Å². The molecular formula is C49H46F2N10O10S. The van der Waals surface area contributed by atoms with E-state index >= 15 is 8.78 Å². The Bertz CT molecular complexity index is 3320. The molecule has 2 aliphatic heterocycles. The molecule has 10 rings (SSSR count). The second-order valence-electron chi connectivity index (χ2n) is 17.1. The van der Waals surface area contributed by atoms with Crippen LogP contribution in [0.4, 0.5) is 14.6 Å². The molecule has 372 valence electrons. The summed E-state index contributed by atoms with van der Waals surface area (Å²) in [7, 11) is -1.58. The van der Waals surface area contributed by atoms with Gasteiger partial charge in [0.1, 0.15) is 35.6 Å². The minimum absolute atomic E-state index is 0.0196. The molecular weight excluding hydrogens is 959 g/mol. The van der Waals surface area contributed by atoms with Crippen LogP contribution >= 0.6 is 0 Å². The van der Waals surface area contributed by atoms with Crippen molar-refractivity contribution in [3.8, 4) is 11.5 Å². The number of alkyl halides is 2. The van der Waals surface area contributed by atoms with Crippen molar-refractivity contribution >= 4 is 44.2 Å². The highest BCUT2D eigenvalue weighted by molar-refractivity contribution is 7.86. The van der Waals surface area contributed by atoms with Crippen LogP contribution in [0.3, 0.4) is 0 Å². The first kappa shape index (κ1) is 48.1. The molecule has 72 heavy (non-hydrogen) atoms. The van der Waals surface area contributed by atoms with Gasteiger partial charge in [-0.25, -0.2) is 28.7 Å². The lowest BCUT2D eigenvalue weighted by atomic mass is 9.80. The predicted octanol–water partition coefficient (Wildman–Crippen LogP) is 5.84. The lowest BCUT2D eigenvalue weighted by Gasteiger charge is -2.37. The van der Waals surface area contributed by atoms with Crippen molar-refractivity contribution in [3.63, 3.8) is 0 Å². The van der Waals surface area contributed by atoms with Crippen LogP contribution < -0.4 is 20.3 Å². The maximum Gasteiger partial charge on any atom is 0.280 e. The van der Waals surface area contributed by atoms with Crippen LogP contribution in [-0.2, 0) is 34.1 Å². The van der Waals surface area contributed by atoms with Crippen molar-refractivity contribution in [2.75, 3.05) is 31.9 Å². The molecule has 20 nitrogen and oxygen atoms in total.